The van der Waals surface area contributed by atoms with Crippen LogP contribution < -0.4 is 5.32 Å². The van der Waals surface area contributed by atoms with Crippen molar-refractivity contribution in [3.63, 3.8) is 0 Å². The molecule has 2 N–H and O–H groups in total. The first kappa shape index (κ1) is 18.7. The summed E-state index contributed by atoms with van der Waals surface area (Å²) in [6, 6.07) is 9.73. The van der Waals surface area contributed by atoms with Crippen LogP contribution in [-0.4, -0.2) is 48.9 Å². The molecule has 5 heteroatoms. The predicted octanol–water partition coefficient (Wildman–Crippen LogP) is 2.81. The van der Waals surface area contributed by atoms with Crippen molar-refractivity contribution >= 4 is 6.03 Å². The second-order valence-corrected chi connectivity index (χ2v) is 6.88. The highest BCUT2D eigenvalue weighted by Gasteiger charge is 2.28. The number of carbonyl (C=O) groups is 1. The fourth-order valence-corrected chi connectivity index (χ4v) is 3.00. The van der Waals surface area contributed by atoms with E-state index in [9.17, 15) is 9.90 Å². The SMILES string of the molecule is CC(C)COCCNC(=O)N1CCC(C(O)c2ccccc2)CC1. The third-order valence-electron chi connectivity index (χ3n) is 4.39. The molecular weight excluding hydrogens is 304 g/mol. The van der Waals surface area contributed by atoms with E-state index < -0.39 is 6.10 Å². The lowest BCUT2D eigenvalue weighted by Gasteiger charge is -2.34. The molecule has 2 rings (SSSR count). The smallest absolute Gasteiger partial charge is 0.317 e. The second kappa shape index (κ2) is 9.64. The number of hydrogen-bond donors (Lipinski definition) is 2. The lowest BCUT2D eigenvalue weighted by atomic mass is 9.87. The van der Waals surface area contributed by atoms with E-state index >= 15 is 0 Å². The number of likely N-dealkylation sites (tertiary alicyclic amines) is 1. The number of benzene rings is 1. The average Bonchev–Trinajstić information content (AvgIpc) is 2.61. The van der Waals surface area contributed by atoms with Gasteiger partial charge in [0.2, 0.25) is 0 Å². The topological polar surface area (TPSA) is 61.8 Å². The molecule has 0 saturated carbocycles. The number of hydrogen-bond acceptors (Lipinski definition) is 3. The Bertz CT molecular complexity index is 485. The Hall–Kier alpha value is -1.59. The largest absolute Gasteiger partial charge is 0.388 e. The molecule has 1 aliphatic rings. The van der Waals surface area contributed by atoms with Gasteiger partial charge in [-0.05, 0) is 30.2 Å². The fraction of sp³-hybridized carbons (Fsp3) is 0.632. The summed E-state index contributed by atoms with van der Waals surface area (Å²) in [7, 11) is 0. The fourth-order valence-electron chi connectivity index (χ4n) is 3.00. The van der Waals surface area contributed by atoms with Crippen LogP contribution in [0, 0.1) is 11.8 Å². The lowest BCUT2D eigenvalue weighted by Crippen LogP contribution is -2.46. The molecule has 24 heavy (non-hydrogen) atoms. The maximum atomic E-state index is 12.1. The first-order valence-corrected chi connectivity index (χ1v) is 8.91. The van der Waals surface area contributed by atoms with Crippen LogP contribution in [0.3, 0.4) is 0 Å². The number of amides is 2. The van der Waals surface area contributed by atoms with E-state index in [1.165, 1.54) is 0 Å². The van der Waals surface area contributed by atoms with E-state index in [-0.39, 0.29) is 11.9 Å². The highest BCUT2D eigenvalue weighted by atomic mass is 16.5. The number of carbonyl (C=O) groups excluding carboxylic acids is 1. The molecule has 134 valence electrons. The number of ether oxygens (including phenoxy) is 1. The first-order valence-electron chi connectivity index (χ1n) is 8.91. The van der Waals surface area contributed by atoms with E-state index in [0.717, 1.165) is 25.0 Å². The molecular formula is C19H30N2O3. The maximum absolute atomic E-state index is 12.1. The van der Waals surface area contributed by atoms with Crippen LogP contribution in [0.1, 0.15) is 38.4 Å². The summed E-state index contributed by atoms with van der Waals surface area (Å²) in [5, 5.41) is 13.4. The Balaban J connectivity index is 1.67. The van der Waals surface area contributed by atoms with Crippen LogP contribution in [0.2, 0.25) is 0 Å². The Morgan fingerprint density at radius 1 is 1.29 bits per heavy atom. The quantitative estimate of drug-likeness (QED) is 0.754. The van der Waals surface area contributed by atoms with Crippen molar-refractivity contribution < 1.29 is 14.6 Å². The molecule has 1 fully saturated rings. The van der Waals surface area contributed by atoms with Crippen molar-refractivity contribution in [3.05, 3.63) is 35.9 Å². The van der Waals surface area contributed by atoms with Crippen LogP contribution in [0.5, 0.6) is 0 Å². The highest BCUT2D eigenvalue weighted by molar-refractivity contribution is 5.74. The van der Waals surface area contributed by atoms with Gasteiger partial charge in [-0.3, -0.25) is 0 Å². The zero-order valence-electron chi connectivity index (χ0n) is 14.8. The van der Waals surface area contributed by atoms with Gasteiger partial charge in [0.05, 0.1) is 12.7 Å². The van der Waals surface area contributed by atoms with E-state index in [4.69, 9.17) is 4.74 Å². The predicted molar refractivity (Wildman–Crippen MR) is 94.8 cm³/mol. The Labute approximate surface area is 145 Å². The summed E-state index contributed by atoms with van der Waals surface area (Å²) < 4.78 is 5.46. The molecule has 5 nitrogen and oxygen atoms in total. The molecule has 2 amide bonds. The number of aliphatic hydroxyl groups is 1. The number of piperidine rings is 1. The first-order chi connectivity index (χ1) is 11.6. The summed E-state index contributed by atoms with van der Waals surface area (Å²) in [5.74, 6) is 0.724. The molecule has 0 aromatic heterocycles. The number of urea groups is 1. The van der Waals surface area contributed by atoms with Crippen molar-refractivity contribution in [3.8, 4) is 0 Å². The second-order valence-electron chi connectivity index (χ2n) is 6.88. The molecule has 0 aliphatic carbocycles. The third-order valence-corrected chi connectivity index (χ3v) is 4.39. The summed E-state index contributed by atoms with van der Waals surface area (Å²) in [6.07, 6.45) is 1.21. The van der Waals surface area contributed by atoms with Crippen LogP contribution in [0.25, 0.3) is 0 Å². The normalized spacial score (nSPS) is 17.1. The minimum absolute atomic E-state index is 0.0317. The van der Waals surface area contributed by atoms with Crippen molar-refractivity contribution in [2.24, 2.45) is 11.8 Å². The van der Waals surface area contributed by atoms with Crippen molar-refractivity contribution in [1.29, 1.82) is 0 Å². The van der Waals surface area contributed by atoms with Gasteiger partial charge < -0.3 is 20.1 Å². The third kappa shape index (κ3) is 5.80. The number of nitrogens with zero attached hydrogens (tertiary/aromatic N) is 1. The lowest BCUT2D eigenvalue weighted by molar-refractivity contribution is 0.0656. The van der Waals surface area contributed by atoms with Crippen LogP contribution >= 0.6 is 0 Å². The van der Waals surface area contributed by atoms with E-state index in [1.807, 2.05) is 35.2 Å². The minimum atomic E-state index is -0.444. The Kier molecular flexibility index (Phi) is 7.53. The number of aliphatic hydroxyl groups excluding tert-OH is 1. The van der Waals surface area contributed by atoms with Crippen molar-refractivity contribution in [1.82, 2.24) is 10.2 Å². The van der Waals surface area contributed by atoms with Gasteiger partial charge in [-0.2, -0.15) is 0 Å². The standard InChI is InChI=1S/C19H30N2O3/c1-15(2)14-24-13-10-20-19(23)21-11-8-17(9-12-21)18(22)16-6-4-3-5-7-16/h3-7,15,17-18,22H,8-14H2,1-2H3,(H,20,23). The van der Waals surface area contributed by atoms with Gasteiger partial charge in [0.25, 0.3) is 0 Å². The minimum Gasteiger partial charge on any atom is -0.388 e. The number of nitrogens with one attached hydrogen (secondary N) is 1. The van der Waals surface area contributed by atoms with Gasteiger partial charge in [0.15, 0.2) is 0 Å². The van der Waals surface area contributed by atoms with E-state index in [2.05, 4.69) is 19.2 Å². The Morgan fingerprint density at radius 3 is 2.58 bits per heavy atom. The maximum Gasteiger partial charge on any atom is 0.317 e. The van der Waals surface area contributed by atoms with Crippen molar-refractivity contribution in [2.45, 2.75) is 32.8 Å². The van der Waals surface area contributed by atoms with Gasteiger partial charge in [0, 0.05) is 26.2 Å². The summed E-state index contributed by atoms with van der Waals surface area (Å²) in [4.78, 5) is 14.0. The van der Waals surface area contributed by atoms with Crippen molar-refractivity contribution in [2.75, 3.05) is 32.8 Å². The monoisotopic (exact) mass is 334 g/mol. The highest BCUT2D eigenvalue weighted by Crippen LogP contribution is 2.30. The van der Waals surface area contributed by atoms with E-state index in [1.54, 1.807) is 0 Å². The van der Waals surface area contributed by atoms with Gasteiger partial charge in [-0.1, -0.05) is 44.2 Å². The molecule has 1 atom stereocenters. The molecule has 0 spiro atoms. The van der Waals surface area contributed by atoms with Gasteiger partial charge in [-0.15, -0.1) is 0 Å². The molecule has 0 bridgehead atoms. The molecule has 0 radical (unpaired) electrons. The molecule has 1 unspecified atom stereocenters. The molecule has 1 aliphatic heterocycles. The molecule has 1 heterocycles. The van der Waals surface area contributed by atoms with Gasteiger partial charge >= 0.3 is 6.03 Å². The molecule has 1 aromatic carbocycles. The average molecular weight is 334 g/mol. The van der Waals surface area contributed by atoms with Crippen LogP contribution in [0.4, 0.5) is 4.79 Å². The summed E-state index contributed by atoms with van der Waals surface area (Å²) in [5.41, 5.74) is 0.961. The number of rotatable bonds is 7. The van der Waals surface area contributed by atoms with Crippen LogP contribution in [0.15, 0.2) is 30.3 Å². The molecule has 1 aromatic rings. The zero-order valence-corrected chi connectivity index (χ0v) is 14.8. The van der Waals surface area contributed by atoms with E-state index in [0.29, 0.717) is 32.2 Å². The zero-order chi connectivity index (χ0) is 17.4. The summed E-state index contributed by atoms with van der Waals surface area (Å²) in [6.45, 7) is 7.39. The summed E-state index contributed by atoms with van der Waals surface area (Å²) >= 11 is 0. The van der Waals surface area contributed by atoms with Gasteiger partial charge in [0.1, 0.15) is 0 Å². The van der Waals surface area contributed by atoms with Crippen LogP contribution in [-0.2, 0) is 4.74 Å². The Morgan fingerprint density at radius 2 is 1.96 bits per heavy atom. The molecule has 1 saturated heterocycles. The van der Waals surface area contributed by atoms with Gasteiger partial charge in [-0.25, -0.2) is 4.79 Å².